The summed E-state index contributed by atoms with van der Waals surface area (Å²) >= 11 is 6.29. The van der Waals surface area contributed by atoms with Crippen LogP contribution >= 0.6 is 11.6 Å². The number of nitrogens with zero attached hydrogens (tertiary/aromatic N) is 1. The first-order valence-electron chi connectivity index (χ1n) is 10.0. The van der Waals surface area contributed by atoms with Gasteiger partial charge in [0.15, 0.2) is 5.43 Å². The number of ether oxygens (including phenoxy) is 2. The predicted molar refractivity (Wildman–Crippen MR) is 118 cm³/mol. The zero-order valence-corrected chi connectivity index (χ0v) is 18.3. The topological polar surface area (TPSA) is 109 Å². The summed E-state index contributed by atoms with van der Waals surface area (Å²) in [5, 5.41) is 21.5. The van der Waals surface area contributed by atoms with Gasteiger partial charge < -0.3 is 29.0 Å². The number of hydrogen-bond donors (Lipinski definition) is 2. The van der Waals surface area contributed by atoms with E-state index < -0.39 is 29.4 Å². The van der Waals surface area contributed by atoms with Gasteiger partial charge in [-0.3, -0.25) is 4.79 Å². The molecule has 0 spiro atoms. The lowest BCUT2D eigenvalue weighted by atomic mass is 9.85. The molecule has 0 saturated carbocycles. The highest BCUT2D eigenvalue weighted by Gasteiger charge is 2.36. The van der Waals surface area contributed by atoms with Crippen LogP contribution in [0.5, 0.6) is 11.5 Å². The van der Waals surface area contributed by atoms with Gasteiger partial charge in [0, 0.05) is 35.7 Å². The Morgan fingerprint density at radius 1 is 1.22 bits per heavy atom. The quantitative estimate of drug-likeness (QED) is 0.563. The minimum Gasteiger partial charge on any atom is -0.507 e. The van der Waals surface area contributed by atoms with Crippen molar-refractivity contribution in [1.82, 2.24) is 4.90 Å². The molecule has 8 nitrogen and oxygen atoms in total. The third-order valence-electron chi connectivity index (χ3n) is 5.68. The van der Waals surface area contributed by atoms with Crippen LogP contribution in [0.25, 0.3) is 22.3 Å². The highest BCUT2D eigenvalue weighted by atomic mass is 35.5. The number of piperidine rings is 1. The molecule has 2 heterocycles. The van der Waals surface area contributed by atoms with Gasteiger partial charge in [0.05, 0.1) is 12.1 Å². The van der Waals surface area contributed by atoms with Gasteiger partial charge in [0.25, 0.3) is 0 Å². The summed E-state index contributed by atoms with van der Waals surface area (Å²) in [5.41, 5.74) is 0.315. The maximum absolute atomic E-state index is 13.0. The Hall–Kier alpha value is -3.23. The average molecular weight is 460 g/mol. The number of carbonyl (C=O) groups is 1. The number of phenols is 2. The number of rotatable bonds is 3. The van der Waals surface area contributed by atoms with E-state index in [4.69, 9.17) is 20.8 Å². The smallest absolute Gasteiger partial charge is 0.507 e. The van der Waals surface area contributed by atoms with Crippen molar-refractivity contribution in [2.75, 3.05) is 27.2 Å². The third kappa shape index (κ3) is 3.99. The van der Waals surface area contributed by atoms with Gasteiger partial charge >= 0.3 is 6.16 Å². The van der Waals surface area contributed by atoms with Crippen LogP contribution in [-0.4, -0.2) is 54.6 Å². The number of phenolic OH excluding ortho intramolecular Hbond substituents is 2. The normalized spacial score (nSPS) is 19.1. The van der Waals surface area contributed by atoms with Gasteiger partial charge in [-0.2, -0.15) is 0 Å². The lowest BCUT2D eigenvalue weighted by molar-refractivity contribution is -0.00222. The number of halogens is 1. The molecule has 4 rings (SSSR count). The molecule has 0 unspecified atom stereocenters. The van der Waals surface area contributed by atoms with Crippen molar-refractivity contribution in [2.24, 2.45) is 0 Å². The van der Waals surface area contributed by atoms with E-state index in [1.165, 1.54) is 13.2 Å². The lowest BCUT2D eigenvalue weighted by Gasteiger charge is -2.36. The van der Waals surface area contributed by atoms with Gasteiger partial charge in [-0.25, -0.2) is 4.79 Å². The zero-order valence-electron chi connectivity index (χ0n) is 17.5. The first-order chi connectivity index (χ1) is 15.3. The van der Waals surface area contributed by atoms with Crippen LogP contribution in [0.4, 0.5) is 4.79 Å². The molecule has 1 saturated heterocycles. The highest BCUT2D eigenvalue weighted by molar-refractivity contribution is 6.33. The van der Waals surface area contributed by atoms with E-state index in [1.807, 2.05) is 11.9 Å². The molecule has 1 fully saturated rings. The molecule has 2 aromatic carbocycles. The maximum Gasteiger partial charge on any atom is 0.508 e. The van der Waals surface area contributed by atoms with Crippen LogP contribution in [0.3, 0.4) is 0 Å². The van der Waals surface area contributed by atoms with E-state index in [0.29, 0.717) is 30.1 Å². The minimum absolute atomic E-state index is 0.0259. The summed E-state index contributed by atoms with van der Waals surface area (Å²) in [6.45, 7) is 1.04. The van der Waals surface area contributed by atoms with Crippen LogP contribution in [0.2, 0.25) is 5.02 Å². The number of methoxy groups -OCH3 is 1. The molecule has 3 aromatic rings. The van der Waals surface area contributed by atoms with E-state index in [0.717, 1.165) is 6.07 Å². The number of hydrogen-bond acceptors (Lipinski definition) is 8. The van der Waals surface area contributed by atoms with Crippen molar-refractivity contribution >= 4 is 28.7 Å². The molecule has 0 bridgehead atoms. The summed E-state index contributed by atoms with van der Waals surface area (Å²) in [6.07, 6.45) is -1.02. The van der Waals surface area contributed by atoms with Gasteiger partial charge in [-0.1, -0.05) is 23.7 Å². The number of fused-ring (bicyclic) bond motifs is 1. The third-order valence-corrected chi connectivity index (χ3v) is 6.01. The monoisotopic (exact) mass is 459 g/mol. The molecule has 2 N–H and O–H groups in total. The second-order valence-corrected chi connectivity index (χ2v) is 8.16. The van der Waals surface area contributed by atoms with Crippen molar-refractivity contribution in [3.63, 3.8) is 0 Å². The Balaban J connectivity index is 1.95. The average Bonchev–Trinajstić information content (AvgIpc) is 2.74. The van der Waals surface area contributed by atoms with E-state index in [2.05, 4.69) is 4.74 Å². The molecular formula is C23H22ClNO7. The van der Waals surface area contributed by atoms with Crippen molar-refractivity contribution in [3.8, 4) is 22.8 Å². The summed E-state index contributed by atoms with van der Waals surface area (Å²) in [6, 6.07) is 9.23. The molecule has 168 valence electrons. The fourth-order valence-electron chi connectivity index (χ4n) is 4.17. The number of likely N-dealkylation sites (N-methyl/N-ethyl adjacent to an activating group) is 1. The van der Waals surface area contributed by atoms with Crippen LogP contribution in [0.15, 0.2) is 45.6 Å². The fraction of sp³-hybridized carbons (Fsp3) is 0.304. The van der Waals surface area contributed by atoms with E-state index in [1.54, 1.807) is 24.3 Å². The fourth-order valence-corrected chi connectivity index (χ4v) is 4.39. The van der Waals surface area contributed by atoms with Crippen LogP contribution in [0.1, 0.15) is 17.9 Å². The first-order valence-corrected chi connectivity index (χ1v) is 10.4. The van der Waals surface area contributed by atoms with E-state index in [-0.39, 0.29) is 28.0 Å². The molecule has 1 aliphatic heterocycles. The van der Waals surface area contributed by atoms with Gasteiger partial charge in [-0.05, 0) is 32.1 Å². The Kier molecular flexibility index (Phi) is 5.99. The number of carbonyl (C=O) groups excluding carboxylic acids is 1. The predicted octanol–water partition coefficient (Wildman–Crippen LogP) is 4.10. The maximum atomic E-state index is 13.0. The molecule has 32 heavy (non-hydrogen) atoms. The Labute approximate surface area is 188 Å². The molecule has 9 heteroatoms. The van der Waals surface area contributed by atoms with Gasteiger partial charge in [0.1, 0.15) is 34.3 Å². The highest BCUT2D eigenvalue weighted by Crippen LogP contribution is 2.43. The van der Waals surface area contributed by atoms with Crippen LogP contribution in [0, 0.1) is 0 Å². The van der Waals surface area contributed by atoms with Crippen molar-refractivity contribution in [1.29, 1.82) is 0 Å². The number of benzene rings is 2. The molecule has 0 amide bonds. The standard InChI is InChI=1S/C23H22ClNO7/c1-25-8-7-13(19(11-25)32-23(29)30-2)20-15(26)9-16(27)21-17(28)10-18(31-22(20)21)12-5-3-4-6-14(12)24/h3-6,9-10,13,19,26-27H,7-8,11H2,1-2H3/t13-,19+/m0/s1. The summed E-state index contributed by atoms with van der Waals surface area (Å²) in [5.74, 6) is -0.975. The first kappa shape index (κ1) is 22.0. The van der Waals surface area contributed by atoms with Crippen molar-refractivity contribution in [3.05, 3.63) is 57.2 Å². The van der Waals surface area contributed by atoms with Crippen LogP contribution in [-0.2, 0) is 9.47 Å². The van der Waals surface area contributed by atoms with Crippen molar-refractivity contribution in [2.45, 2.75) is 18.4 Å². The summed E-state index contributed by atoms with van der Waals surface area (Å²) in [4.78, 5) is 26.8. The molecule has 1 aromatic heterocycles. The van der Waals surface area contributed by atoms with Crippen LogP contribution < -0.4 is 5.43 Å². The molecule has 0 aliphatic carbocycles. The zero-order chi connectivity index (χ0) is 23.0. The SMILES string of the molecule is COC(=O)O[C@@H]1CN(C)CC[C@@H]1c1c(O)cc(O)c2c(=O)cc(-c3ccccc3Cl)oc12. The minimum atomic E-state index is -0.851. The number of aromatic hydroxyl groups is 2. The van der Waals surface area contributed by atoms with E-state index in [9.17, 15) is 19.8 Å². The summed E-state index contributed by atoms with van der Waals surface area (Å²) in [7, 11) is 3.10. The summed E-state index contributed by atoms with van der Waals surface area (Å²) < 4.78 is 16.2. The molecular weight excluding hydrogens is 438 g/mol. The van der Waals surface area contributed by atoms with E-state index >= 15 is 0 Å². The second kappa shape index (κ2) is 8.72. The Morgan fingerprint density at radius 2 is 1.97 bits per heavy atom. The lowest BCUT2D eigenvalue weighted by Crippen LogP contribution is -2.43. The van der Waals surface area contributed by atoms with Crippen molar-refractivity contribution < 1.29 is 28.9 Å². The van der Waals surface area contributed by atoms with Gasteiger partial charge in [-0.15, -0.1) is 0 Å². The molecule has 2 atom stereocenters. The Morgan fingerprint density at radius 3 is 2.69 bits per heavy atom. The Bertz CT molecular complexity index is 1240. The number of likely N-dealkylation sites (tertiary alicyclic amines) is 1. The second-order valence-electron chi connectivity index (χ2n) is 7.76. The van der Waals surface area contributed by atoms with Gasteiger partial charge in [0.2, 0.25) is 0 Å². The molecule has 0 radical (unpaired) electrons. The largest absolute Gasteiger partial charge is 0.508 e. The molecule has 1 aliphatic rings.